The van der Waals surface area contributed by atoms with E-state index >= 15 is 0 Å². The number of carboxylic acid groups (broad SMARTS) is 1. The minimum absolute atomic E-state index is 0.122. The molecule has 1 fully saturated rings. The van der Waals surface area contributed by atoms with Gasteiger partial charge in [-0.15, -0.1) is 0 Å². The van der Waals surface area contributed by atoms with E-state index in [1.54, 1.807) is 49.4 Å². The molecule has 28 heavy (non-hydrogen) atoms. The van der Waals surface area contributed by atoms with Gasteiger partial charge in [0.05, 0.1) is 10.6 Å². The van der Waals surface area contributed by atoms with Crippen LogP contribution < -0.4 is 9.64 Å². The summed E-state index contributed by atoms with van der Waals surface area (Å²) in [5, 5.41) is 9.05. The van der Waals surface area contributed by atoms with Gasteiger partial charge in [-0.3, -0.25) is 9.69 Å². The second-order valence-electron chi connectivity index (χ2n) is 5.89. The third-order valence-corrected chi connectivity index (χ3v) is 5.29. The number of halogens is 1. The van der Waals surface area contributed by atoms with Crippen LogP contribution in [0.2, 0.25) is 0 Å². The molecule has 0 aromatic heterocycles. The molecule has 1 saturated heterocycles. The fourth-order valence-corrected chi connectivity index (χ4v) is 3.86. The summed E-state index contributed by atoms with van der Waals surface area (Å²) in [5.41, 5.74) is 0.834. The number of carbonyl (C=O) groups excluding carboxylic acids is 1. The topological polar surface area (TPSA) is 66.8 Å². The average Bonchev–Trinajstić information content (AvgIpc) is 2.94. The van der Waals surface area contributed by atoms with Crippen molar-refractivity contribution in [3.05, 3.63) is 64.8 Å². The Bertz CT molecular complexity index is 959. The van der Waals surface area contributed by atoms with Crippen LogP contribution in [0.3, 0.4) is 0 Å². The van der Waals surface area contributed by atoms with Crippen LogP contribution >= 0.6 is 24.0 Å². The molecule has 144 valence electrons. The molecule has 2 aromatic carbocycles. The Balaban J connectivity index is 1.79. The summed E-state index contributed by atoms with van der Waals surface area (Å²) in [7, 11) is 0. The molecule has 5 nitrogen and oxygen atoms in total. The molecule has 1 amide bonds. The number of rotatable bonds is 6. The molecule has 0 spiro atoms. The average molecular weight is 417 g/mol. The summed E-state index contributed by atoms with van der Waals surface area (Å²) in [5.74, 6) is -1.52. The highest BCUT2D eigenvalue weighted by molar-refractivity contribution is 8.27. The molecule has 1 aliphatic heterocycles. The first-order valence-corrected chi connectivity index (χ1v) is 9.65. The highest BCUT2D eigenvalue weighted by Crippen LogP contribution is 2.37. The fraction of sp³-hybridized carbons (Fsp3) is 0.150. The Labute approximate surface area is 170 Å². The first-order chi connectivity index (χ1) is 13.4. The van der Waals surface area contributed by atoms with Crippen LogP contribution in [-0.4, -0.2) is 27.4 Å². The van der Waals surface area contributed by atoms with Gasteiger partial charge in [0.1, 0.15) is 11.6 Å². The van der Waals surface area contributed by atoms with Crippen LogP contribution in [0.25, 0.3) is 6.08 Å². The lowest BCUT2D eigenvalue weighted by Gasteiger charge is -2.14. The van der Waals surface area contributed by atoms with Crippen molar-refractivity contribution in [2.24, 2.45) is 0 Å². The van der Waals surface area contributed by atoms with E-state index < -0.39 is 23.8 Å². The molecule has 1 atom stereocenters. The van der Waals surface area contributed by atoms with Crippen LogP contribution in [0.15, 0.2) is 53.4 Å². The van der Waals surface area contributed by atoms with Gasteiger partial charge in [-0.2, -0.15) is 0 Å². The predicted octanol–water partition coefficient (Wildman–Crippen LogP) is 4.47. The summed E-state index contributed by atoms with van der Waals surface area (Å²) < 4.78 is 19.7. The van der Waals surface area contributed by atoms with Crippen LogP contribution in [0.5, 0.6) is 5.75 Å². The van der Waals surface area contributed by atoms with E-state index in [0.29, 0.717) is 22.6 Å². The van der Waals surface area contributed by atoms with Crippen molar-refractivity contribution < 1.29 is 23.8 Å². The molecule has 0 bridgehead atoms. The molecule has 8 heteroatoms. The molecule has 1 unspecified atom stereocenters. The Hall–Kier alpha value is -2.71. The van der Waals surface area contributed by atoms with Gasteiger partial charge in [0.2, 0.25) is 0 Å². The quantitative estimate of drug-likeness (QED) is 0.552. The second kappa shape index (κ2) is 8.53. The van der Waals surface area contributed by atoms with Gasteiger partial charge in [-0.05, 0) is 42.3 Å². The number of hydrogen-bond acceptors (Lipinski definition) is 5. The maximum Gasteiger partial charge on any atom is 0.344 e. The first kappa shape index (κ1) is 20.0. The van der Waals surface area contributed by atoms with E-state index in [-0.39, 0.29) is 10.0 Å². The van der Waals surface area contributed by atoms with Crippen molar-refractivity contribution in [2.45, 2.75) is 19.4 Å². The Kier molecular flexibility index (Phi) is 6.11. The lowest BCUT2D eigenvalue weighted by Crippen LogP contribution is -2.28. The number of hydrogen-bond donors (Lipinski definition) is 1. The normalized spacial score (nSPS) is 16.5. The van der Waals surface area contributed by atoms with Crippen molar-refractivity contribution in [3.8, 4) is 5.75 Å². The second-order valence-corrected chi connectivity index (χ2v) is 7.57. The monoisotopic (exact) mass is 417 g/mol. The van der Waals surface area contributed by atoms with Crippen molar-refractivity contribution in [1.82, 2.24) is 0 Å². The number of ether oxygens (including phenoxy) is 1. The van der Waals surface area contributed by atoms with Gasteiger partial charge in [0.15, 0.2) is 10.4 Å². The number of aliphatic carboxylic acids is 1. The zero-order chi connectivity index (χ0) is 20.3. The summed E-state index contributed by atoms with van der Waals surface area (Å²) >= 11 is 6.34. The molecule has 0 radical (unpaired) electrons. The van der Waals surface area contributed by atoms with E-state index in [0.717, 1.165) is 11.8 Å². The van der Waals surface area contributed by atoms with E-state index in [2.05, 4.69) is 0 Å². The molecule has 3 rings (SSSR count). The van der Waals surface area contributed by atoms with Crippen molar-refractivity contribution in [1.29, 1.82) is 0 Å². The lowest BCUT2D eigenvalue weighted by atomic mass is 10.2. The first-order valence-electron chi connectivity index (χ1n) is 8.42. The third-order valence-electron chi connectivity index (χ3n) is 3.99. The number of benzene rings is 2. The van der Waals surface area contributed by atoms with Gasteiger partial charge in [0, 0.05) is 0 Å². The van der Waals surface area contributed by atoms with Gasteiger partial charge in [-0.1, -0.05) is 55.2 Å². The summed E-state index contributed by atoms with van der Waals surface area (Å²) in [6.45, 7) is 1.73. The molecular formula is C20H16FNO4S2. The highest BCUT2D eigenvalue weighted by atomic mass is 32.2. The smallest absolute Gasteiger partial charge is 0.344 e. The summed E-state index contributed by atoms with van der Waals surface area (Å²) in [6, 6.07) is 12.6. The maximum atomic E-state index is 14.0. The summed E-state index contributed by atoms with van der Waals surface area (Å²) in [4.78, 5) is 25.3. The van der Waals surface area contributed by atoms with Crippen LogP contribution in [-0.2, 0) is 9.59 Å². The Morgan fingerprint density at radius 3 is 2.57 bits per heavy atom. The standard InChI is InChI=1S/C20H16FNO4S2/c1-2-16(19(24)25)26-13-9-7-12(8-10-13)11-17-18(23)22(20(27)28-17)15-6-4-3-5-14(15)21/h3-11,16H,2H2,1H3,(H,24,25)/b17-11+. The fourth-order valence-electron chi connectivity index (χ4n) is 2.58. The zero-order valence-corrected chi connectivity index (χ0v) is 16.4. The number of para-hydroxylation sites is 1. The molecule has 0 aliphatic carbocycles. The largest absolute Gasteiger partial charge is 0.479 e. The number of thioether (sulfide) groups is 1. The minimum atomic E-state index is -1.02. The molecule has 1 aliphatic rings. The molecule has 1 N–H and O–H groups in total. The number of anilines is 1. The highest BCUT2D eigenvalue weighted by Gasteiger charge is 2.34. The predicted molar refractivity (Wildman–Crippen MR) is 111 cm³/mol. The van der Waals surface area contributed by atoms with E-state index in [1.165, 1.54) is 17.0 Å². The molecule has 2 aromatic rings. The number of amides is 1. The maximum absolute atomic E-state index is 14.0. The van der Waals surface area contributed by atoms with Crippen molar-refractivity contribution in [2.75, 3.05) is 4.90 Å². The van der Waals surface area contributed by atoms with E-state index in [9.17, 15) is 14.0 Å². The van der Waals surface area contributed by atoms with Gasteiger partial charge >= 0.3 is 5.97 Å². The van der Waals surface area contributed by atoms with E-state index in [1.807, 2.05) is 0 Å². The summed E-state index contributed by atoms with van der Waals surface area (Å²) in [6.07, 6.45) is 1.08. The number of thiocarbonyl (C=S) groups is 1. The Morgan fingerprint density at radius 2 is 1.96 bits per heavy atom. The zero-order valence-electron chi connectivity index (χ0n) is 14.8. The van der Waals surface area contributed by atoms with Crippen molar-refractivity contribution in [3.63, 3.8) is 0 Å². The number of carboxylic acids is 1. The molecule has 0 saturated carbocycles. The molecule has 1 heterocycles. The van der Waals surface area contributed by atoms with Crippen molar-refractivity contribution >= 4 is 51.9 Å². The minimum Gasteiger partial charge on any atom is -0.479 e. The number of carbonyl (C=O) groups is 2. The van der Waals surface area contributed by atoms with Crippen LogP contribution in [0, 0.1) is 5.82 Å². The Morgan fingerprint density at radius 1 is 1.29 bits per heavy atom. The number of nitrogens with zero attached hydrogens (tertiary/aromatic N) is 1. The lowest BCUT2D eigenvalue weighted by molar-refractivity contribution is -0.145. The van der Waals surface area contributed by atoms with Crippen LogP contribution in [0.1, 0.15) is 18.9 Å². The van der Waals surface area contributed by atoms with Gasteiger partial charge in [-0.25, -0.2) is 9.18 Å². The third kappa shape index (κ3) is 4.23. The van der Waals surface area contributed by atoms with Gasteiger partial charge < -0.3 is 9.84 Å². The van der Waals surface area contributed by atoms with Gasteiger partial charge in [0.25, 0.3) is 5.91 Å². The van der Waals surface area contributed by atoms with Crippen LogP contribution in [0.4, 0.5) is 10.1 Å². The molecular weight excluding hydrogens is 401 g/mol. The van der Waals surface area contributed by atoms with E-state index in [4.69, 9.17) is 22.1 Å². The SMILES string of the molecule is CCC(Oc1ccc(/C=C2/SC(=S)N(c3ccccc3F)C2=O)cc1)C(=O)O.